The first kappa shape index (κ1) is 27.3. The molecule has 2 aromatic carbocycles. The molecule has 0 radical (unpaired) electrons. The van der Waals surface area contributed by atoms with Crippen molar-refractivity contribution in [3.8, 4) is 11.6 Å². The summed E-state index contributed by atoms with van der Waals surface area (Å²) in [5.74, 6) is -5.34. The van der Waals surface area contributed by atoms with Crippen molar-refractivity contribution in [2.75, 3.05) is 12.4 Å². The molecule has 0 fully saturated rings. The number of nitrogens with one attached hydrogen (secondary N) is 2. The zero-order valence-electron chi connectivity index (χ0n) is 18.8. The van der Waals surface area contributed by atoms with Gasteiger partial charge in [0.05, 0.1) is 12.7 Å². The Hall–Kier alpha value is -4.26. The van der Waals surface area contributed by atoms with E-state index in [9.17, 15) is 36.3 Å². The maximum atomic E-state index is 13.8. The molecule has 2 N–H and O–H groups in total. The third-order valence-electron chi connectivity index (χ3n) is 4.69. The van der Waals surface area contributed by atoms with Crippen LogP contribution in [0.2, 0.25) is 5.02 Å². The van der Waals surface area contributed by atoms with Gasteiger partial charge in [0.25, 0.3) is 5.91 Å². The van der Waals surface area contributed by atoms with Crippen LogP contribution < -0.4 is 15.4 Å². The minimum absolute atomic E-state index is 0.0731. The predicted octanol–water partition coefficient (Wildman–Crippen LogP) is 5.88. The van der Waals surface area contributed by atoms with Gasteiger partial charge >= 0.3 is 18.2 Å². The van der Waals surface area contributed by atoms with Crippen LogP contribution in [-0.2, 0) is 10.9 Å². The van der Waals surface area contributed by atoms with Crippen LogP contribution in [0.15, 0.2) is 42.6 Å². The van der Waals surface area contributed by atoms with Gasteiger partial charge in [-0.2, -0.15) is 13.2 Å². The summed E-state index contributed by atoms with van der Waals surface area (Å²) >= 11 is 5.87. The van der Waals surface area contributed by atoms with Gasteiger partial charge in [-0.3, -0.25) is 10.1 Å². The number of hydrogen-bond acceptors (Lipinski definition) is 6. The first-order valence-corrected chi connectivity index (χ1v) is 10.4. The number of hydrogen-bond donors (Lipinski definition) is 2. The summed E-state index contributed by atoms with van der Waals surface area (Å²) in [7, 11) is 1.04. The first-order chi connectivity index (χ1) is 17.3. The molecule has 0 bridgehead atoms. The number of urea groups is 1. The molecule has 194 valence electrons. The fraction of sp³-hybridized carbons (Fsp3) is 0.130. The zero-order chi connectivity index (χ0) is 27.5. The van der Waals surface area contributed by atoms with Crippen LogP contribution in [0.3, 0.4) is 0 Å². The number of imide groups is 1. The molecule has 0 aliphatic heterocycles. The van der Waals surface area contributed by atoms with E-state index in [-0.39, 0.29) is 22.6 Å². The summed E-state index contributed by atoms with van der Waals surface area (Å²) in [4.78, 5) is 40.3. The fourth-order valence-electron chi connectivity index (χ4n) is 3.04. The summed E-state index contributed by atoms with van der Waals surface area (Å²) in [6.07, 6.45) is -4.21. The van der Waals surface area contributed by atoms with E-state index in [1.165, 1.54) is 13.0 Å². The van der Waals surface area contributed by atoms with E-state index < -0.39 is 57.7 Å². The topological polar surface area (TPSA) is 107 Å². The smallest absolute Gasteiger partial charge is 0.417 e. The number of alkyl halides is 3. The lowest BCUT2D eigenvalue weighted by molar-refractivity contribution is -0.137. The number of pyridine rings is 1. The molecule has 3 rings (SSSR count). The van der Waals surface area contributed by atoms with E-state index in [0.717, 1.165) is 31.4 Å². The molecule has 0 saturated heterocycles. The lowest BCUT2D eigenvalue weighted by atomic mass is 10.1. The second kappa shape index (κ2) is 10.8. The van der Waals surface area contributed by atoms with Crippen molar-refractivity contribution >= 4 is 35.2 Å². The van der Waals surface area contributed by atoms with E-state index >= 15 is 0 Å². The minimum Gasteiger partial charge on any atom is -0.465 e. The van der Waals surface area contributed by atoms with Crippen LogP contribution >= 0.6 is 11.6 Å². The van der Waals surface area contributed by atoms with Gasteiger partial charge in [0.2, 0.25) is 5.88 Å². The average molecular weight is 544 g/mol. The van der Waals surface area contributed by atoms with Crippen molar-refractivity contribution < 1.29 is 45.8 Å². The number of benzene rings is 2. The molecule has 0 spiro atoms. The van der Waals surface area contributed by atoms with E-state index in [1.54, 1.807) is 5.32 Å². The Morgan fingerprint density at radius 3 is 2.27 bits per heavy atom. The maximum Gasteiger partial charge on any atom is 0.417 e. The van der Waals surface area contributed by atoms with E-state index in [2.05, 4.69) is 15.0 Å². The number of rotatable bonds is 5. The number of ether oxygens (including phenoxy) is 2. The second-order valence-electron chi connectivity index (χ2n) is 7.28. The Morgan fingerprint density at radius 1 is 1.05 bits per heavy atom. The highest BCUT2D eigenvalue weighted by atomic mass is 35.5. The minimum atomic E-state index is -4.70. The van der Waals surface area contributed by atoms with Gasteiger partial charge in [0, 0.05) is 11.9 Å². The molecular weight excluding hydrogens is 529 g/mol. The van der Waals surface area contributed by atoms with Gasteiger partial charge in [0.1, 0.15) is 33.5 Å². The number of aryl methyl sites for hydroxylation is 1. The van der Waals surface area contributed by atoms with Crippen molar-refractivity contribution in [2.24, 2.45) is 0 Å². The molecule has 0 aliphatic rings. The van der Waals surface area contributed by atoms with E-state index in [1.807, 2.05) is 0 Å². The predicted molar refractivity (Wildman–Crippen MR) is 120 cm³/mol. The monoisotopic (exact) mass is 543 g/mol. The normalized spacial score (nSPS) is 11.0. The van der Waals surface area contributed by atoms with Gasteiger partial charge in [-0.1, -0.05) is 17.7 Å². The van der Waals surface area contributed by atoms with Gasteiger partial charge in [0.15, 0.2) is 0 Å². The first-order valence-electron chi connectivity index (χ1n) is 10.0. The van der Waals surface area contributed by atoms with Crippen molar-refractivity contribution in [3.05, 3.63) is 81.5 Å². The largest absolute Gasteiger partial charge is 0.465 e. The van der Waals surface area contributed by atoms with Gasteiger partial charge in [-0.25, -0.2) is 23.4 Å². The van der Waals surface area contributed by atoms with Crippen LogP contribution in [-0.4, -0.2) is 30.0 Å². The van der Waals surface area contributed by atoms with Crippen LogP contribution in [0.5, 0.6) is 11.6 Å². The van der Waals surface area contributed by atoms with Crippen LogP contribution in [0.1, 0.15) is 31.8 Å². The maximum absolute atomic E-state index is 13.8. The summed E-state index contributed by atoms with van der Waals surface area (Å²) in [6.45, 7) is 1.42. The highest BCUT2D eigenvalue weighted by Gasteiger charge is 2.32. The van der Waals surface area contributed by atoms with Crippen molar-refractivity contribution in [1.82, 2.24) is 10.3 Å². The molecule has 0 unspecified atom stereocenters. The van der Waals surface area contributed by atoms with Gasteiger partial charge < -0.3 is 14.8 Å². The second-order valence-corrected chi connectivity index (χ2v) is 7.68. The summed E-state index contributed by atoms with van der Waals surface area (Å²) < 4.78 is 76.3. The molecule has 1 aromatic heterocycles. The van der Waals surface area contributed by atoms with Crippen LogP contribution in [0.25, 0.3) is 0 Å². The van der Waals surface area contributed by atoms with Crippen molar-refractivity contribution in [2.45, 2.75) is 13.1 Å². The Labute approximate surface area is 210 Å². The number of esters is 1. The Balaban J connectivity index is 1.87. The van der Waals surface area contributed by atoms with Gasteiger partial charge in [-0.15, -0.1) is 0 Å². The Morgan fingerprint density at radius 2 is 1.70 bits per heavy atom. The summed E-state index contributed by atoms with van der Waals surface area (Å²) in [6, 6.07) is 4.44. The number of nitrogens with zero attached hydrogens (tertiary/aromatic N) is 1. The molecule has 3 aromatic rings. The number of carbonyl (C=O) groups excluding carboxylic acids is 3. The SMILES string of the molecule is COC(=O)c1cc(NC(=O)NC(=O)c2c(F)cccc2F)cc(C)c1Oc1ncc(C(F)(F)F)cc1Cl. The quantitative estimate of drug-likeness (QED) is 0.307. The Kier molecular flexibility index (Phi) is 7.96. The molecule has 1 heterocycles. The molecule has 0 atom stereocenters. The van der Waals surface area contributed by atoms with Crippen molar-refractivity contribution in [1.29, 1.82) is 0 Å². The molecule has 8 nitrogen and oxygen atoms in total. The third kappa shape index (κ3) is 6.30. The highest BCUT2D eigenvalue weighted by molar-refractivity contribution is 6.31. The van der Waals surface area contributed by atoms with Crippen molar-refractivity contribution in [3.63, 3.8) is 0 Å². The number of methoxy groups -OCH3 is 1. The third-order valence-corrected chi connectivity index (χ3v) is 4.96. The zero-order valence-corrected chi connectivity index (χ0v) is 19.6. The average Bonchev–Trinajstić information content (AvgIpc) is 2.80. The standard InChI is InChI=1S/C23H15ClF5N3O5/c1-10-6-12(31-22(35)32-19(33)17-15(25)4-3-5-16(17)26)8-13(21(34)36-2)18(10)37-20-14(24)7-11(9-30-20)23(27,28)29/h3-9H,1-2H3,(H2,31,32,33,35). The molecule has 0 saturated carbocycles. The molecular formula is C23H15ClF5N3O5. The lowest BCUT2D eigenvalue weighted by Crippen LogP contribution is -2.35. The molecule has 37 heavy (non-hydrogen) atoms. The summed E-state index contributed by atoms with van der Waals surface area (Å²) in [5.41, 5.74) is -2.29. The number of halogens is 6. The van der Waals surface area contributed by atoms with E-state index in [0.29, 0.717) is 12.3 Å². The highest BCUT2D eigenvalue weighted by Crippen LogP contribution is 2.37. The fourth-order valence-corrected chi connectivity index (χ4v) is 3.24. The molecule has 3 amide bonds. The Bertz CT molecular complexity index is 1380. The summed E-state index contributed by atoms with van der Waals surface area (Å²) in [5, 5.41) is 3.48. The number of carbonyl (C=O) groups is 3. The number of aromatic nitrogens is 1. The van der Waals surface area contributed by atoms with Crippen LogP contribution in [0, 0.1) is 18.6 Å². The van der Waals surface area contributed by atoms with Gasteiger partial charge in [-0.05, 0) is 42.8 Å². The lowest BCUT2D eigenvalue weighted by Gasteiger charge is -2.16. The molecule has 0 aliphatic carbocycles. The number of anilines is 1. The van der Waals surface area contributed by atoms with E-state index in [4.69, 9.17) is 16.3 Å². The molecule has 14 heteroatoms. The number of amides is 3. The van der Waals surface area contributed by atoms with Crippen LogP contribution in [0.4, 0.5) is 32.4 Å².